The van der Waals surface area contributed by atoms with E-state index in [2.05, 4.69) is 26.3 Å². The maximum atomic E-state index is 13.0. The first-order valence-corrected chi connectivity index (χ1v) is 13.6. The first kappa shape index (κ1) is 32.3. The molecule has 6 N–H and O–H groups in total. The number of hydrogen-bond donors (Lipinski definition) is 6. The van der Waals surface area contributed by atoms with E-state index < -0.39 is 41.7 Å². The molecule has 3 aromatic rings. The van der Waals surface area contributed by atoms with Crippen LogP contribution in [0.25, 0.3) is 0 Å². The highest BCUT2D eigenvalue weighted by Gasteiger charge is 2.26. The van der Waals surface area contributed by atoms with E-state index in [1.165, 1.54) is 24.3 Å². The van der Waals surface area contributed by atoms with Crippen LogP contribution in [0.2, 0.25) is 0 Å². The predicted molar refractivity (Wildman–Crippen MR) is 160 cm³/mol. The van der Waals surface area contributed by atoms with Gasteiger partial charge in [-0.15, -0.1) is 0 Å². The highest BCUT2D eigenvalue weighted by Crippen LogP contribution is 2.17. The van der Waals surface area contributed by atoms with Crippen molar-refractivity contribution in [2.45, 2.75) is 45.6 Å². The van der Waals surface area contributed by atoms with E-state index >= 15 is 0 Å². The summed E-state index contributed by atoms with van der Waals surface area (Å²) in [4.78, 5) is 65.2. The van der Waals surface area contributed by atoms with Crippen LogP contribution < -0.4 is 21.3 Å². The number of nitrogens with one attached hydrogen (secondary N) is 4. The number of aliphatic carboxylic acids is 1. The number of anilines is 2. The van der Waals surface area contributed by atoms with E-state index in [-0.39, 0.29) is 24.4 Å². The summed E-state index contributed by atoms with van der Waals surface area (Å²) in [7, 11) is 0. The number of urea groups is 1. The summed E-state index contributed by atoms with van der Waals surface area (Å²) in [5, 5.41) is 29.4. The minimum Gasteiger partial charge on any atom is -0.481 e. The number of hydrogen-bond acceptors (Lipinski definition) is 6. The maximum absolute atomic E-state index is 13.0. The molecular weight excluding hydrogens is 554 g/mol. The molecule has 2 aromatic carbocycles. The van der Waals surface area contributed by atoms with Crippen LogP contribution in [0, 0.1) is 12.8 Å². The lowest BCUT2D eigenvalue weighted by atomic mass is 9.97. The van der Waals surface area contributed by atoms with Gasteiger partial charge >= 0.3 is 18.0 Å². The standard InChI is InChI=1S/C31H35N5O7/c1-18(2)14-25(28(38)33-17-24(30(41)42)21-7-9-22(10-8-21)29(39)40)35-27(37)15-20-5-11-23(12-6-20)34-31(43)36-26-13-4-19(3)16-32-26/h4-13,16,18,24-25H,14-15,17H2,1-3H3,(H,33,38)(H,35,37)(H,39,40)(H,41,42)(H2,32,34,36,43)/t24?,25-/m0/s1. The molecule has 0 radical (unpaired) electrons. The molecule has 226 valence electrons. The van der Waals surface area contributed by atoms with Gasteiger partial charge in [-0.05, 0) is 66.3 Å². The van der Waals surface area contributed by atoms with Gasteiger partial charge in [-0.25, -0.2) is 14.6 Å². The smallest absolute Gasteiger partial charge is 0.335 e. The third-order valence-electron chi connectivity index (χ3n) is 6.43. The van der Waals surface area contributed by atoms with Gasteiger partial charge in [-0.1, -0.05) is 44.2 Å². The number of benzene rings is 2. The van der Waals surface area contributed by atoms with Gasteiger partial charge in [0.25, 0.3) is 0 Å². The molecule has 3 rings (SSSR count). The molecule has 12 nitrogen and oxygen atoms in total. The lowest BCUT2D eigenvalue weighted by Gasteiger charge is -2.22. The summed E-state index contributed by atoms with van der Waals surface area (Å²) in [5.41, 5.74) is 2.49. The van der Waals surface area contributed by atoms with E-state index in [1.807, 2.05) is 26.8 Å². The second-order valence-corrected chi connectivity index (χ2v) is 10.5. The van der Waals surface area contributed by atoms with Crippen molar-refractivity contribution in [2.75, 3.05) is 17.2 Å². The first-order chi connectivity index (χ1) is 20.4. The Balaban J connectivity index is 1.56. The Labute approximate surface area is 248 Å². The van der Waals surface area contributed by atoms with Crippen molar-refractivity contribution < 1.29 is 34.2 Å². The molecule has 2 atom stereocenters. The van der Waals surface area contributed by atoms with Crippen LogP contribution in [0.5, 0.6) is 0 Å². The van der Waals surface area contributed by atoms with Crippen LogP contribution in [0.15, 0.2) is 66.9 Å². The van der Waals surface area contributed by atoms with Crippen molar-refractivity contribution in [1.82, 2.24) is 15.6 Å². The summed E-state index contributed by atoms with van der Waals surface area (Å²) in [5.74, 6) is -3.89. The molecule has 0 fully saturated rings. The molecule has 0 aliphatic carbocycles. The Morgan fingerprint density at radius 3 is 2.09 bits per heavy atom. The van der Waals surface area contributed by atoms with Crippen molar-refractivity contribution in [3.05, 3.63) is 89.1 Å². The normalized spacial score (nSPS) is 12.1. The van der Waals surface area contributed by atoms with Crippen molar-refractivity contribution in [3.63, 3.8) is 0 Å². The zero-order valence-corrected chi connectivity index (χ0v) is 24.1. The van der Waals surface area contributed by atoms with Crippen molar-refractivity contribution in [3.8, 4) is 0 Å². The summed E-state index contributed by atoms with van der Waals surface area (Å²) in [6.07, 6.45) is 1.95. The zero-order valence-electron chi connectivity index (χ0n) is 24.1. The summed E-state index contributed by atoms with van der Waals surface area (Å²) < 4.78 is 0. The van der Waals surface area contributed by atoms with Crippen LogP contribution in [-0.2, 0) is 20.8 Å². The second-order valence-electron chi connectivity index (χ2n) is 10.5. The highest BCUT2D eigenvalue weighted by atomic mass is 16.4. The molecule has 0 saturated carbocycles. The molecule has 1 heterocycles. The number of amides is 4. The van der Waals surface area contributed by atoms with Gasteiger partial charge in [0.05, 0.1) is 17.9 Å². The van der Waals surface area contributed by atoms with E-state index in [0.29, 0.717) is 29.1 Å². The monoisotopic (exact) mass is 589 g/mol. The molecule has 1 unspecified atom stereocenters. The van der Waals surface area contributed by atoms with Gasteiger partial charge in [0.1, 0.15) is 11.9 Å². The van der Waals surface area contributed by atoms with E-state index in [4.69, 9.17) is 5.11 Å². The van der Waals surface area contributed by atoms with E-state index in [1.54, 1.807) is 36.5 Å². The van der Waals surface area contributed by atoms with E-state index in [9.17, 15) is 29.1 Å². The quantitative estimate of drug-likeness (QED) is 0.174. The molecule has 43 heavy (non-hydrogen) atoms. The fourth-order valence-electron chi connectivity index (χ4n) is 4.19. The average Bonchev–Trinajstić information content (AvgIpc) is 2.95. The van der Waals surface area contributed by atoms with Gasteiger partial charge in [0, 0.05) is 18.4 Å². The Morgan fingerprint density at radius 1 is 0.860 bits per heavy atom. The Bertz CT molecular complexity index is 1440. The molecular formula is C31H35N5O7. The number of carbonyl (C=O) groups excluding carboxylic acids is 3. The number of carboxylic acid groups (broad SMARTS) is 2. The van der Waals surface area contributed by atoms with Gasteiger partial charge in [-0.3, -0.25) is 19.7 Å². The highest BCUT2D eigenvalue weighted by molar-refractivity contribution is 5.99. The number of aromatic carboxylic acids is 1. The lowest BCUT2D eigenvalue weighted by molar-refractivity contribution is -0.139. The minimum atomic E-state index is -1.19. The lowest BCUT2D eigenvalue weighted by Crippen LogP contribution is -2.49. The molecule has 0 bridgehead atoms. The Hall–Kier alpha value is -5.26. The average molecular weight is 590 g/mol. The number of nitrogens with zero attached hydrogens (tertiary/aromatic N) is 1. The summed E-state index contributed by atoms with van der Waals surface area (Å²) in [6, 6.07) is 14.2. The van der Waals surface area contributed by atoms with Crippen molar-refractivity contribution in [2.24, 2.45) is 5.92 Å². The first-order valence-electron chi connectivity index (χ1n) is 13.6. The van der Waals surface area contributed by atoms with Gasteiger partial charge < -0.3 is 26.2 Å². The van der Waals surface area contributed by atoms with Crippen LogP contribution in [0.1, 0.15) is 53.2 Å². The summed E-state index contributed by atoms with van der Waals surface area (Å²) >= 11 is 0. The maximum Gasteiger partial charge on any atom is 0.335 e. The molecule has 1 aromatic heterocycles. The fourth-order valence-corrected chi connectivity index (χ4v) is 4.19. The largest absolute Gasteiger partial charge is 0.481 e. The molecule has 0 spiro atoms. The number of carbonyl (C=O) groups is 5. The van der Waals surface area contributed by atoms with Crippen molar-refractivity contribution >= 4 is 41.3 Å². The van der Waals surface area contributed by atoms with Gasteiger partial charge in [0.2, 0.25) is 11.8 Å². The Morgan fingerprint density at radius 2 is 1.53 bits per heavy atom. The topological polar surface area (TPSA) is 187 Å². The molecule has 12 heteroatoms. The Kier molecular flexibility index (Phi) is 11.3. The zero-order chi connectivity index (χ0) is 31.5. The number of rotatable bonds is 13. The van der Waals surface area contributed by atoms with Crippen LogP contribution in [0.3, 0.4) is 0 Å². The van der Waals surface area contributed by atoms with Gasteiger partial charge in [-0.2, -0.15) is 0 Å². The number of carboxylic acids is 2. The predicted octanol–water partition coefficient (Wildman–Crippen LogP) is 3.79. The summed E-state index contributed by atoms with van der Waals surface area (Å²) in [6.45, 7) is 5.44. The number of pyridine rings is 1. The molecule has 0 saturated heterocycles. The van der Waals surface area contributed by atoms with Gasteiger partial charge in [0.15, 0.2) is 0 Å². The minimum absolute atomic E-state index is 0.0173. The van der Waals surface area contributed by atoms with Crippen LogP contribution in [0.4, 0.5) is 16.3 Å². The molecule has 4 amide bonds. The molecule has 0 aliphatic heterocycles. The number of aromatic nitrogens is 1. The van der Waals surface area contributed by atoms with Crippen molar-refractivity contribution in [1.29, 1.82) is 0 Å². The number of aryl methyl sites for hydroxylation is 1. The fraction of sp³-hybridized carbons (Fsp3) is 0.290. The third-order valence-corrected chi connectivity index (χ3v) is 6.43. The third kappa shape index (κ3) is 10.3. The second kappa shape index (κ2) is 15.1. The van der Waals surface area contributed by atoms with E-state index in [0.717, 1.165) is 5.56 Å². The SMILES string of the molecule is Cc1ccc(NC(=O)Nc2ccc(CC(=O)N[C@@H](CC(C)C)C(=O)NCC(C(=O)O)c3ccc(C(=O)O)cc3)cc2)nc1. The van der Waals surface area contributed by atoms with Crippen LogP contribution >= 0.6 is 0 Å². The molecule has 0 aliphatic rings. The van der Waals surface area contributed by atoms with Crippen LogP contribution in [-0.4, -0.2) is 57.6 Å².